The van der Waals surface area contributed by atoms with Gasteiger partial charge in [0.05, 0.1) is 19.7 Å². The quantitative estimate of drug-likeness (QED) is 0.734. The van der Waals surface area contributed by atoms with Crippen molar-refractivity contribution in [1.29, 1.82) is 0 Å². The maximum Gasteiger partial charge on any atom is 0.320 e. The smallest absolute Gasteiger partial charge is 0.320 e. The molecule has 1 aliphatic rings. The van der Waals surface area contributed by atoms with Gasteiger partial charge in [-0.05, 0) is 25.3 Å². The second kappa shape index (κ2) is 7.78. The minimum absolute atomic E-state index is 0.0299. The Morgan fingerprint density at radius 1 is 1.24 bits per heavy atom. The van der Waals surface area contributed by atoms with Gasteiger partial charge in [0.1, 0.15) is 0 Å². The number of nitrogens with one attached hydrogen (secondary N) is 1. The van der Waals surface area contributed by atoms with Crippen LogP contribution in [0.25, 0.3) is 0 Å². The van der Waals surface area contributed by atoms with Crippen molar-refractivity contribution in [3.8, 4) is 0 Å². The maximum absolute atomic E-state index is 11.9. The molecule has 1 amide bonds. The highest BCUT2D eigenvalue weighted by Crippen LogP contribution is 2.18. The van der Waals surface area contributed by atoms with Crippen LogP contribution in [0.1, 0.15) is 25.3 Å². The van der Waals surface area contributed by atoms with Crippen LogP contribution >= 0.6 is 0 Å². The predicted molar refractivity (Wildman–Crippen MR) is 79.5 cm³/mol. The van der Waals surface area contributed by atoms with Crippen LogP contribution in [0.3, 0.4) is 0 Å². The zero-order valence-corrected chi connectivity index (χ0v) is 12.4. The third kappa shape index (κ3) is 5.95. The van der Waals surface area contributed by atoms with Crippen molar-refractivity contribution >= 4 is 11.9 Å². The maximum atomic E-state index is 11.9. The average Bonchev–Trinajstić information content (AvgIpc) is 3.23. The SMILES string of the molecule is CCOC(=O)CN(CC(=O)NC1CC1)Cc1ccccc1. The molecule has 0 atom stereocenters. The van der Waals surface area contributed by atoms with Crippen molar-refractivity contribution in [2.45, 2.75) is 32.4 Å². The summed E-state index contributed by atoms with van der Waals surface area (Å²) in [4.78, 5) is 25.4. The molecule has 1 aliphatic carbocycles. The number of ether oxygens (including phenoxy) is 1. The van der Waals surface area contributed by atoms with Crippen LogP contribution in [0, 0.1) is 0 Å². The molecule has 0 heterocycles. The molecule has 0 spiro atoms. The topological polar surface area (TPSA) is 58.6 Å². The van der Waals surface area contributed by atoms with Crippen molar-refractivity contribution in [2.24, 2.45) is 0 Å². The number of hydrogen-bond acceptors (Lipinski definition) is 4. The van der Waals surface area contributed by atoms with Crippen molar-refractivity contribution in [1.82, 2.24) is 10.2 Å². The van der Waals surface area contributed by atoms with Gasteiger partial charge in [-0.15, -0.1) is 0 Å². The highest BCUT2D eigenvalue weighted by molar-refractivity contribution is 5.79. The molecule has 1 saturated carbocycles. The lowest BCUT2D eigenvalue weighted by Gasteiger charge is -2.20. The molecule has 0 bridgehead atoms. The van der Waals surface area contributed by atoms with Gasteiger partial charge in [0.2, 0.25) is 5.91 Å². The predicted octanol–water partition coefficient (Wildman–Crippen LogP) is 1.33. The molecule has 0 aliphatic heterocycles. The molecule has 1 aromatic rings. The van der Waals surface area contributed by atoms with Gasteiger partial charge in [-0.2, -0.15) is 0 Å². The molecule has 0 unspecified atom stereocenters. The molecule has 1 aromatic carbocycles. The van der Waals surface area contributed by atoms with E-state index in [9.17, 15) is 9.59 Å². The summed E-state index contributed by atoms with van der Waals surface area (Å²) in [5.74, 6) is -0.328. The number of rotatable bonds is 8. The molecule has 1 fully saturated rings. The second-order valence-electron chi connectivity index (χ2n) is 5.28. The fourth-order valence-electron chi connectivity index (χ4n) is 2.10. The normalized spacial score (nSPS) is 14.0. The monoisotopic (exact) mass is 290 g/mol. The van der Waals surface area contributed by atoms with Gasteiger partial charge in [0.25, 0.3) is 0 Å². The van der Waals surface area contributed by atoms with E-state index in [0.717, 1.165) is 18.4 Å². The third-order valence-electron chi connectivity index (χ3n) is 3.22. The molecule has 5 heteroatoms. The standard InChI is InChI=1S/C16H22N2O3/c1-2-21-16(20)12-18(10-13-6-4-3-5-7-13)11-15(19)17-14-8-9-14/h3-7,14H,2,8-12H2,1H3,(H,17,19). The molecule has 21 heavy (non-hydrogen) atoms. The molecule has 0 radical (unpaired) electrons. The molecule has 2 rings (SSSR count). The summed E-state index contributed by atoms with van der Waals surface area (Å²) in [6.07, 6.45) is 2.12. The highest BCUT2D eigenvalue weighted by atomic mass is 16.5. The fourth-order valence-corrected chi connectivity index (χ4v) is 2.10. The highest BCUT2D eigenvalue weighted by Gasteiger charge is 2.24. The molecule has 1 N–H and O–H groups in total. The molecular weight excluding hydrogens is 268 g/mol. The van der Waals surface area contributed by atoms with Gasteiger partial charge in [-0.3, -0.25) is 14.5 Å². The number of amides is 1. The zero-order valence-electron chi connectivity index (χ0n) is 12.4. The third-order valence-corrected chi connectivity index (χ3v) is 3.22. The number of esters is 1. The van der Waals surface area contributed by atoms with Crippen LogP contribution in [0.15, 0.2) is 30.3 Å². The number of carbonyl (C=O) groups is 2. The summed E-state index contributed by atoms with van der Waals surface area (Å²) in [5, 5.41) is 2.94. The minimum Gasteiger partial charge on any atom is -0.465 e. The van der Waals surface area contributed by atoms with E-state index in [0.29, 0.717) is 19.2 Å². The zero-order chi connectivity index (χ0) is 15.1. The van der Waals surface area contributed by atoms with E-state index in [1.807, 2.05) is 35.2 Å². The number of benzene rings is 1. The van der Waals surface area contributed by atoms with Crippen LogP contribution < -0.4 is 5.32 Å². The Morgan fingerprint density at radius 2 is 1.95 bits per heavy atom. The first-order valence-corrected chi connectivity index (χ1v) is 7.38. The van der Waals surface area contributed by atoms with E-state index in [4.69, 9.17) is 4.74 Å². The van der Waals surface area contributed by atoms with Crippen molar-refractivity contribution in [2.75, 3.05) is 19.7 Å². The Balaban J connectivity index is 1.91. The summed E-state index contributed by atoms with van der Waals surface area (Å²) in [5.41, 5.74) is 1.07. The van der Waals surface area contributed by atoms with Crippen LogP contribution in [-0.4, -0.2) is 42.5 Å². The Morgan fingerprint density at radius 3 is 2.57 bits per heavy atom. The van der Waals surface area contributed by atoms with Crippen LogP contribution in [-0.2, 0) is 20.9 Å². The van der Waals surface area contributed by atoms with Crippen LogP contribution in [0.5, 0.6) is 0 Å². The molecule has 5 nitrogen and oxygen atoms in total. The Kier molecular flexibility index (Phi) is 5.75. The van der Waals surface area contributed by atoms with Gasteiger partial charge in [-0.1, -0.05) is 30.3 Å². The van der Waals surface area contributed by atoms with Gasteiger partial charge < -0.3 is 10.1 Å². The number of hydrogen-bond donors (Lipinski definition) is 1. The minimum atomic E-state index is -0.298. The summed E-state index contributed by atoms with van der Waals surface area (Å²) in [6, 6.07) is 10.1. The lowest BCUT2D eigenvalue weighted by atomic mass is 10.2. The lowest BCUT2D eigenvalue weighted by molar-refractivity contribution is -0.144. The second-order valence-corrected chi connectivity index (χ2v) is 5.28. The summed E-state index contributed by atoms with van der Waals surface area (Å²) < 4.78 is 4.97. The van der Waals surface area contributed by atoms with E-state index in [-0.39, 0.29) is 25.0 Å². The molecule has 114 valence electrons. The Labute approximate surface area is 125 Å². The van der Waals surface area contributed by atoms with Crippen molar-refractivity contribution in [3.05, 3.63) is 35.9 Å². The van der Waals surface area contributed by atoms with Crippen LogP contribution in [0.4, 0.5) is 0 Å². The van der Waals surface area contributed by atoms with E-state index in [1.165, 1.54) is 0 Å². The van der Waals surface area contributed by atoms with Gasteiger partial charge in [0, 0.05) is 12.6 Å². The van der Waals surface area contributed by atoms with Gasteiger partial charge in [-0.25, -0.2) is 0 Å². The van der Waals surface area contributed by atoms with Crippen molar-refractivity contribution < 1.29 is 14.3 Å². The summed E-state index contributed by atoms with van der Waals surface area (Å²) in [6.45, 7) is 3.02. The first-order chi connectivity index (χ1) is 10.2. The largest absolute Gasteiger partial charge is 0.465 e. The van der Waals surface area contributed by atoms with Gasteiger partial charge >= 0.3 is 5.97 Å². The number of carbonyl (C=O) groups excluding carboxylic acids is 2. The summed E-state index contributed by atoms with van der Waals surface area (Å²) >= 11 is 0. The van der Waals surface area contributed by atoms with Crippen molar-refractivity contribution in [3.63, 3.8) is 0 Å². The number of nitrogens with zero attached hydrogens (tertiary/aromatic N) is 1. The van der Waals surface area contributed by atoms with E-state index >= 15 is 0 Å². The molecular formula is C16H22N2O3. The fraction of sp³-hybridized carbons (Fsp3) is 0.500. The van der Waals surface area contributed by atoms with E-state index in [1.54, 1.807) is 6.92 Å². The average molecular weight is 290 g/mol. The summed E-state index contributed by atoms with van der Waals surface area (Å²) in [7, 11) is 0. The first-order valence-electron chi connectivity index (χ1n) is 7.38. The van der Waals surface area contributed by atoms with Crippen LogP contribution in [0.2, 0.25) is 0 Å². The Hall–Kier alpha value is -1.88. The van der Waals surface area contributed by atoms with E-state index < -0.39 is 0 Å². The molecule has 0 saturated heterocycles. The lowest BCUT2D eigenvalue weighted by Crippen LogP contribution is -2.40. The first kappa shape index (κ1) is 15.5. The Bertz CT molecular complexity index is 472. The molecule has 0 aromatic heterocycles. The van der Waals surface area contributed by atoms with Gasteiger partial charge in [0.15, 0.2) is 0 Å². The van der Waals surface area contributed by atoms with E-state index in [2.05, 4.69) is 5.32 Å².